The number of hydrogen-bond acceptors (Lipinski definition) is 3. The molecule has 202 valence electrons. The van der Waals surface area contributed by atoms with Crippen LogP contribution in [0.1, 0.15) is 161 Å². The van der Waals surface area contributed by atoms with E-state index < -0.39 is 0 Å². The Kier molecular flexibility index (Phi) is 20.8. The normalized spacial score (nSPS) is 13.8. The Labute approximate surface area is 217 Å². The summed E-state index contributed by atoms with van der Waals surface area (Å²) in [5.41, 5.74) is 0.609. The number of hydrogen-bond donors (Lipinski definition) is 0. The fraction of sp³-hybridized carbons (Fsp3) is 0.812. The average Bonchev–Trinajstić information content (AvgIpc) is 2.86. The number of rotatable bonds is 25. The smallest absolute Gasteiger partial charge is 0.223 e. The van der Waals surface area contributed by atoms with E-state index in [0.717, 1.165) is 12.8 Å². The highest BCUT2D eigenvalue weighted by molar-refractivity contribution is 6.19. The minimum absolute atomic E-state index is 0.120. The molecular weight excluding hydrogens is 432 g/mol. The zero-order valence-electron chi connectivity index (χ0n) is 23.4. The Morgan fingerprint density at radius 1 is 0.514 bits per heavy atom. The first-order chi connectivity index (χ1) is 17.2. The van der Waals surface area contributed by atoms with E-state index in [1.54, 1.807) is 0 Å². The lowest BCUT2D eigenvalue weighted by molar-refractivity contribution is -0.117. The molecule has 0 aliphatic heterocycles. The van der Waals surface area contributed by atoms with Crippen molar-refractivity contribution in [2.45, 2.75) is 161 Å². The molecule has 0 N–H and O–H groups in total. The van der Waals surface area contributed by atoms with Gasteiger partial charge in [-0.25, -0.2) is 0 Å². The zero-order valence-corrected chi connectivity index (χ0v) is 23.4. The lowest BCUT2D eigenvalue weighted by Crippen LogP contribution is -2.15. The number of ketones is 2. The SMILES string of the molecule is CCCCCCCCCCCCCCCCCCCCCCCCCC1=CC(=O)C=C(OC)C1=O. The molecule has 0 saturated carbocycles. The molecule has 3 heteroatoms. The molecule has 1 aliphatic rings. The molecule has 0 heterocycles. The largest absolute Gasteiger partial charge is 0.493 e. The van der Waals surface area contributed by atoms with E-state index >= 15 is 0 Å². The van der Waals surface area contributed by atoms with Crippen LogP contribution in [-0.2, 0) is 14.3 Å². The van der Waals surface area contributed by atoms with Crippen molar-refractivity contribution in [2.75, 3.05) is 7.11 Å². The van der Waals surface area contributed by atoms with Crippen molar-refractivity contribution < 1.29 is 14.3 Å². The molecule has 1 rings (SSSR count). The number of ether oxygens (including phenoxy) is 1. The van der Waals surface area contributed by atoms with Crippen LogP contribution in [0, 0.1) is 0 Å². The average molecular weight is 489 g/mol. The Morgan fingerprint density at radius 2 is 0.857 bits per heavy atom. The van der Waals surface area contributed by atoms with Crippen LogP contribution in [0.5, 0.6) is 0 Å². The molecule has 0 saturated heterocycles. The Morgan fingerprint density at radius 3 is 1.20 bits per heavy atom. The van der Waals surface area contributed by atoms with E-state index in [1.165, 1.54) is 154 Å². The van der Waals surface area contributed by atoms with Gasteiger partial charge in [0.05, 0.1) is 7.11 Å². The molecule has 0 amide bonds. The van der Waals surface area contributed by atoms with E-state index in [9.17, 15) is 9.59 Å². The second-order valence-corrected chi connectivity index (χ2v) is 10.6. The Bertz CT molecular complexity index is 602. The number of methoxy groups -OCH3 is 1. The maximum Gasteiger partial charge on any atom is 0.223 e. The molecule has 0 radical (unpaired) electrons. The summed E-state index contributed by atoms with van der Waals surface area (Å²) < 4.78 is 5.01. The highest BCUT2D eigenvalue weighted by Gasteiger charge is 2.21. The number of Topliss-reactive ketones (excluding diaryl/α,β-unsaturated/α-hetero) is 1. The second-order valence-electron chi connectivity index (χ2n) is 10.6. The van der Waals surface area contributed by atoms with Gasteiger partial charge in [0.2, 0.25) is 5.78 Å². The van der Waals surface area contributed by atoms with Gasteiger partial charge in [-0.05, 0) is 18.9 Å². The first-order valence-corrected chi connectivity index (χ1v) is 15.2. The number of carbonyl (C=O) groups is 2. The highest BCUT2D eigenvalue weighted by Crippen LogP contribution is 2.20. The summed E-state index contributed by atoms with van der Waals surface area (Å²) in [5.74, 6) is -0.0713. The summed E-state index contributed by atoms with van der Waals surface area (Å²) in [6, 6.07) is 0. The molecule has 0 fully saturated rings. The van der Waals surface area contributed by atoms with Crippen molar-refractivity contribution in [3.63, 3.8) is 0 Å². The fourth-order valence-corrected chi connectivity index (χ4v) is 5.07. The van der Waals surface area contributed by atoms with Crippen molar-refractivity contribution in [3.8, 4) is 0 Å². The fourth-order valence-electron chi connectivity index (χ4n) is 5.07. The summed E-state index contributed by atoms with van der Waals surface area (Å²) in [5, 5.41) is 0. The minimum atomic E-state index is -0.134. The van der Waals surface area contributed by atoms with Crippen molar-refractivity contribution in [1.82, 2.24) is 0 Å². The highest BCUT2D eigenvalue weighted by atomic mass is 16.5. The van der Waals surface area contributed by atoms with Gasteiger partial charge < -0.3 is 4.74 Å². The van der Waals surface area contributed by atoms with E-state index in [2.05, 4.69) is 6.92 Å². The minimum Gasteiger partial charge on any atom is -0.493 e. The van der Waals surface area contributed by atoms with Gasteiger partial charge in [-0.2, -0.15) is 0 Å². The molecule has 3 nitrogen and oxygen atoms in total. The lowest BCUT2D eigenvalue weighted by Gasteiger charge is -2.12. The van der Waals surface area contributed by atoms with Crippen LogP contribution in [-0.4, -0.2) is 18.7 Å². The molecule has 35 heavy (non-hydrogen) atoms. The first-order valence-electron chi connectivity index (χ1n) is 15.2. The van der Waals surface area contributed by atoms with Gasteiger partial charge in [0.25, 0.3) is 0 Å². The molecule has 0 aromatic heterocycles. The van der Waals surface area contributed by atoms with E-state index in [1.807, 2.05) is 0 Å². The van der Waals surface area contributed by atoms with Crippen LogP contribution < -0.4 is 0 Å². The van der Waals surface area contributed by atoms with Gasteiger partial charge in [-0.3, -0.25) is 9.59 Å². The van der Waals surface area contributed by atoms with Crippen LogP contribution in [0.3, 0.4) is 0 Å². The molecule has 0 bridgehead atoms. The number of carbonyl (C=O) groups excluding carboxylic acids is 2. The van der Waals surface area contributed by atoms with Crippen LogP contribution in [0.2, 0.25) is 0 Å². The predicted octanol–water partition coefficient (Wildman–Crippen LogP) is 9.98. The molecule has 1 aliphatic carbocycles. The summed E-state index contributed by atoms with van der Waals surface area (Å²) in [6.45, 7) is 2.29. The van der Waals surface area contributed by atoms with Crippen molar-refractivity contribution in [3.05, 3.63) is 23.5 Å². The third-order valence-electron chi connectivity index (χ3n) is 7.37. The summed E-state index contributed by atoms with van der Waals surface area (Å²) in [7, 11) is 1.44. The van der Waals surface area contributed by atoms with Gasteiger partial charge >= 0.3 is 0 Å². The summed E-state index contributed by atoms with van der Waals surface area (Å²) >= 11 is 0. The van der Waals surface area contributed by atoms with Crippen LogP contribution >= 0.6 is 0 Å². The molecule has 0 atom stereocenters. The van der Waals surface area contributed by atoms with Gasteiger partial charge in [0, 0.05) is 11.6 Å². The van der Waals surface area contributed by atoms with Crippen LogP contribution in [0.25, 0.3) is 0 Å². The summed E-state index contributed by atoms with van der Waals surface area (Å²) in [6.07, 6.45) is 35.1. The maximum absolute atomic E-state index is 12.1. The Balaban J connectivity index is 1.76. The van der Waals surface area contributed by atoms with Crippen LogP contribution in [0.15, 0.2) is 23.5 Å². The third kappa shape index (κ3) is 17.7. The predicted molar refractivity (Wildman–Crippen MR) is 150 cm³/mol. The molecule has 0 aromatic rings. The van der Waals surface area contributed by atoms with E-state index in [4.69, 9.17) is 4.74 Å². The second kappa shape index (κ2) is 23.0. The van der Waals surface area contributed by atoms with Crippen LogP contribution in [0.4, 0.5) is 0 Å². The molecule has 0 spiro atoms. The van der Waals surface area contributed by atoms with Gasteiger partial charge in [-0.1, -0.05) is 148 Å². The quantitative estimate of drug-likeness (QED) is 0.0948. The van der Waals surface area contributed by atoms with Gasteiger partial charge in [-0.15, -0.1) is 0 Å². The maximum atomic E-state index is 12.1. The molecular formula is C32H56O3. The monoisotopic (exact) mass is 488 g/mol. The molecule has 0 aromatic carbocycles. The molecule has 0 unspecified atom stereocenters. The summed E-state index contributed by atoms with van der Waals surface area (Å²) in [4.78, 5) is 23.8. The van der Waals surface area contributed by atoms with Crippen molar-refractivity contribution in [2.24, 2.45) is 0 Å². The standard InChI is InChI=1S/C32H56O3/c1-3-4-5-6-7-8-9-10-11-12-13-14-15-16-17-18-19-20-21-22-23-24-25-26-29-27-30(33)28-31(35-2)32(29)34/h27-28H,3-26H2,1-2H3. The van der Waals surface area contributed by atoms with Crippen molar-refractivity contribution >= 4 is 11.6 Å². The lowest BCUT2D eigenvalue weighted by atomic mass is 9.96. The van der Waals surface area contributed by atoms with Crippen molar-refractivity contribution in [1.29, 1.82) is 0 Å². The van der Waals surface area contributed by atoms with Gasteiger partial charge in [0.15, 0.2) is 11.5 Å². The van der Waals surface area contributed by atoms with E-state index in [0.29, 0.717) is 12.0 Å². The van der Waals surface area contributed by atoms with Gasteiger partial charge in [0.1, 0.15) is 0 Å². The first kappa shape index (κ1) is 31.6. The van der Waals surface area contributed by atoms with E-state index in [-0.39, 0.29) is 17.3 Å². The number of unbranched alkanes of at least 4 members (excludes halogenated alkanes) is 22. The topological polar surface area (TPSA) is 43.4 Å². The third-order valence-corrected chi connectivity index (χ3v) is 7.37. The number of allylic oxidation sites excluding steroid dienone is 3. The Hall–Kier alpha value is -1.38. The zero-order chi connectivity index (χ0) is 25.4.